The van der Waals surface area contributed by atoms with E-state index >= 15 is 0 Å². The predicted molar refractivity (Wildman–Crippen MR) is 181 cm³/mol. The van der Waals surface area contributed by atoms with E-state index in [0.717, 1.165) is 68.1 Å². The normalized spacial score (nSPS) is 25.4. The molecule has 3 atom stereocenters. The third-order valence-electron chi connectivity index (χ3n) is 10.9. The quantitative estimate of drug-likeness (QED) is 0.231. The van der Waals surface area contributed by atoms with Crippen LogP contribution in [0.3, 0.4) is 0 Å². The highest BCUT2D eigenvalue weighted by atomic mass is 19.1. The minimum absolute atomic E-state index is 0.0980. The van der Waals surface area contributed by atoms with Crippen molar-refractivity contribution in [2.24, 2.45) is 0 Å². The van der Waals surface area contributed by atoms with E-state index in [2.05, 4.69) is 39.4 Å². The first kappa shape index (κ1) is 31.0. The number of hydrogen-bond acceptors (Lipinski definition) is 8. The first-order valence-corrected chi connectivity index (χ1v) is 17.5. The van der Waals surface area contributed by atoms with Gasteiger partial charge in [-0.05, 0) is 75.1 Å². The van der Waals surface area contributed by atoms with Crippen LogP contribution in [0.5, 0.6) is 11.8 Å². The topological polar surface area (TPSA) is 88.3 Å². The molecule has 48 heavy (non-hydrogen) atoms. The van der Waals surface area contributed by atoms with E-state index in [0.29, 0.717) is 56.3 Å². The first-order valence-electron chi connectivity index (χ1n) is 17.5. The summed E-state index contributed by atoms with van der Waals surface area (Å²) >= 11 is 0. The number of benzene rings is 1. The summed E-state index contributed by atoms with van der Waals surface area (Å²) in [6.45, 7) is 14.4. The van der Waals surface area contributed by atoms with Gasteiger partial charge in [0.25, 0.3) is 0 Å². The lowest BCUT2D eigenvalue weighted by molar-refractivity contribution is -0.128. The zero-order chi connectivity index (χ0) is 32.8. The summed E-state index contributed by atoms with van der Waals surface area (Å²) in [5.74, 6) is 1.10. The number of fused-ring (bicyclic) bond motifs is 3. The number of ether oxygens (including phenoxy) is 2. The molecule has 5 aliphatic rings. The monoisotopic (exact) mass is 651 g/mol. The number of rotatable bonds is 9. The third kappa shape index (κ3) is 5.64. The van der Waals surface area contributed by atoms with Gasteiger partial charge in [0.05, 0.1) is 17.0 Å². The molecule has 0 bridgehead atoms. The number of piperazine rings is 1. The van der Waals surface area contributed by atoms with E-state index in [1.807, 2.05) is 6.20 Å². The number of hydrogen-bond donors (Lipinski definition) is 0. The van der Waals surface area contributed by atoms with Crippen LogP contribution in [0.25, 0.3) is 27.0 Å². The molecule has 4 fully saturated rings. The smallest absolute Gasteiger partial charge is 0.319 e. The Balaban J connectivity index is 1.25. The Labute approximate surface area is 280 Å². The Morgan fingerprint density at radius 2 is 2.02 bits per heavy atom. The molecule has 2 aromatic heterocycles. The van der Waals surface area contributed by atoms with Crippen LogP contribution in [0.4, 0.5) is 10.2 Å². The number of carbonyl (C=O) groups is 1. The molecule has 3 aliphatic heterocycles. The molecule has 11 heteroatoms. The third-order valence-corrected chi connectivity index (χ3v) is 10.9. The van der Waals surface area contributed by atoms with Crippen LogP contribution in [0, 0.1) is 6.57 Å². The fourth-order valence-corrected chi connectivity index (χ4v) is 8.36. The summed E-state index contributed by atoms with van der Waals surface area (Å²) in [7, 11) is 0. The molecule has 1 aromatic carbocycles. The Morgan fingerprint density at radius 3 is 2.85 bits per heavy atom. The van der Waals surface area contributed by atoms with Gasteiger partial charge in [0.2, 0.25) is 12.5 Å². The van der Waals surface area contributed by atoms with Gasteiger partial charge in [-0.2, -0.15) is 9.97 Å². The minimum atomic E-state index is -0.861. The van der Waals surface area contributed by atoms with Crippen molar-refractivity contribution in [1.82, 2.24) is 24.8 Å². The summed E-state index contributed by atoms with van der Waals surface area (Å²) < 4.78 is 27.8. The molecule has 1 amide bonds. The Hall–Kier alpha value is -4.30. The maximum atomic E-state index is 14.6. The van der Waals surface area contributed by atoms with Crippen LogP contribution in [0.15, 0.2) is 37.1 Å². The fourth-order valence-electron chi connectivity index (χ4n) is 8.36. The standard InChI is InChI=1S/C37H42FN7O3/c1-3-31(46)45-17-16-43(22-26(45)19-39-2)35-30-20-40-32(29-11-6-9-24-8-4-5-10-28(24)29)34(48-27-12-13-27)33(30)41-36(42-35)47-23-37-14-7-15-44(37)21-25(38)18-37/h3,6,9,11,20,25-27H,1,4-5,7-8,10,12-19,21-23H2/t25-,26+,37+/m1/s1. The zero-order valence-electron chi connectivity index (χ0n) is 27.4. The molecule has 3 saturated heterocycles. The highest BCUT2D eigenvalue weighted by molar-refractivity contribution is 5.97. The van der Waals surface area contributed by atoms with E-state index in [9.17, 15) is 9.18 Å². The molecule has 10 nitrogen and oxygen atoms in total. The summed E-state index contributed by atoms with van der Waals surface area (Å²) in [6.07, 6.45) is 11.1. The second-order valence-corrected chi connectivity index (χ2v) is 14.0. The molecule has 8 rings (SSSR count). The van der Waals surface area contributed by atoms with Crippen LogP contribution in [-0.4, -0.2) is 100 Å². The van der Waals surface area contributed by atoms with Gasteiger partial charge in [-0.15, -0.1) is 0 Å². The molecule has 0 radical (unpaired) electrons. The number of halogens is 1. The van der Waals surface area contributed by atoms with E-state index in [1.54, 1.807) is 4.90 Å². The van der Waals surface area contributed by atoms with Crippen molar-refractivity contribution in [3.05, 3.63) is 59.6 Å². The Morgan fingerprint density at radius 1 is 1.15 bits per heavy atom. The van der Waals surface area contributed by atoms with Crippen molar-refractivity contribution in [2.45, 2.75) is 81.6 Å². The van der Waals surface area contributed by atoms with Gasteiger partial charge in [-0.25, -0.2) is 11.0 Å². The highest BCUT2D eigenvalue weighted by Crippen LogP contribution is 2.44. The van der Waals surface area contributed by atoms with E-state index < -0.39 is 6.17 Å². The van der Waals surface area contributed by atoms with E-state index in [1.165, 1.54) is 23.6 Å². The van der Waals surface area contributed by atoms with Crippen molar-refractivity contribution in [3.63, 3.8) is 0 Å². The number of anilines is 1. The maximum absolute atomic E-state index is 14.6. The van der Waals surface area contributed by atoms with Crippen LogP contribution in [-0.2, 0) is 17.6 Å². The second-order valence-electron chi connectivity index (χ2n) is 14.0. The van der Waals surface area contributed by atoms with Gasteiger partial charge >= 0.3 is 6.01 Å². The SMILES string of the molecule is [C-]#[N+]C[C@H]1CN(c2nc(OC[C@@]34CCCN3C[C@H](F)C4)nc3c(OC4CC4)c(-c4cccc5c4CCCC5)ncc23)CCN1C(=O)C=C. The molecule has 0 N–H and O–H groups in total. The maximum Gasteiger partial charge on any atom is 0.319 e. The highest BCUT2D eigenvalue weighted by Gasteiger charge is 2.49. The molecule has 250 valence electrons. The zero-order valence-corrected chi connectivity index (χ0v) is 27.4. The molecule has 3 aromatic rings. The van der Waals surface area contributed by atoms with Gasteiger partial charge < -0.3 is 24.1 Å². The summed E-state index contributed by atoms with van der Waals surface area (Å²) in [6, 6.07) is 6.37. The number of aryl methyl sites for hydroxylation is 1. The fraction of sp³-hybridized carbons (Fsp3) is 0.541. The number of nitrogens with zero attached hydrogens (tertiary/aromatic N) is 7. The molecular weight excluding hydrogens is 609 g/mol. The van der Waals surface area contributed by atoms with Crippen molar-refractivity contribution in [3.8, 4) is 23.0 Å². The van der Waals surface area contributed by atoms with E-state index in [-0.39, 0.29) is 36.1 Å². The van der Waals surface area contributed by atoms with Crippen LogP contribution in [0.2, 0.25) is 0 Å². The van der Waals surface area contributed by atoms with Gasteiger partial charge in [0.15, 0.2) is 5.75 Å². The van der Waals surface area contributed by atoms with Crippen molar-refractivity contribution in [1.29, 1.82) is 0 Å². The largest absolute Gasteiger partial charge is 0.486 e. The molecular formula is C37H42FN7O3. The molecule has 0 unspecified atom stereocenters. The van der Waals surface area contributed by atoms with Crippen molar-refractivity contribution < 1.29 is 18.7 Å². The minimum Gasteiger partial charge on any atom is -0.486 e. The Kier molecular flexibility index (Phi) is 8.15. The van der Waals surface area contributed by atoms with Gasteiger partial charge in [0.1, 0.15) is 35.8 Å². The molecule has 0 spiro atoms. The van der Waals surface area contributed by atoms with Crippen LogP contribution < -0.4 is 14.4 Å². The number of carbonyl (C=O) groups excluding carboxylic acids is 1. The van der Waals surface area contributed by atoms with Crippen LogP contribution >= 0.6 is 0 Å². The summed E-state index contributed by atoms with van der Waals surface area (Å²) in [4.78, 5) is 37.5. The lowest BCUT2D eigenvalue weighted by Crippen LogP contribution is -2.56. The molecule has 1 saturated carbocycles. The summed E-state index contributed by atoms with van der Waals surface area (Å²) in [5.41, 5.74) is 4.85. The van der Waals surface area contributed by atoms with Gasteiger partial charge in [-0.1, -0.05) is 24.8 Å². The lowest BCUT2D eigenvalue weighted by atomic mass is 9.87. The number of pyridine rings is 1. The molecule has 5 heterocycles. The molecule has 2 aliphatic carbocycles. The Bertz CT molecular complexity index is 1790. The predicted octanol–water partition coefficient (Wildman–Crippen LogP) is 5.19. The lowest BCUT2D eigenvalue weighted by Gasteiger charge is -2.39. The summed E-state index contributed by atoms with van der Waals surface area (Å²) in [5, 5.41) is 0.738. The second kappa shape index (κ2) is 12.6. The van der Waals surface area contributed by atoms with Crippen molar-refractivity contribution in [2.75, 3.05) is 50.8 Å². The first-order chi connectivity index (χ1) is 23.5. The average molecular weight is 652 g/mol. The van der Waals surface area contributed by atoms with Gasteiger partial charge in [0, 0.05) is 44.4 Å². The van der Waals surface area contributed by atoms with Gasteiger partial charge in [-0.3, -0.25) is 14.7 Å². The number of amides is 1. The van der Waals surface area contributed by atoms with Crippen LogP contribution in [0.1, 0.15) is 56.1 Å². The number of aromatic nitrogens is 3. The van der Waals surface area contributed by atoms with Crippen molar-refractivity contribution >= 4 is 22.6 Å². The number of alkyl halides is 1. The van der Waals surface area contributed by atoms with E-state index in [4.69, 9.17) is 31.0 Å². The average Bonchev–Trinajstić information content (AvgIpc) is 3.77.